The molecule has 0 saturated carbocycles. The van der Waals surface area contributed by atoms with E-state index in [1.165, 1.54) is 6.08 Å². The highest BCUT2D eigenvalue weighted by Gasteiger charge is 1.90. The van der Waals surface area contributed by atoms with E-state index in [9.17, 15) is 4.79 Å². The van der Waals surface area contributed by atoms with E-state index in [1.54, 1.807) is 24.5 Å². The van der Waals surface area contributed by atoms with Crippen molar-refractivity contribution in [2.24, 2.45) is 0 Å². The van der Waals surface area contributed by atoms with Gasteiger partial charge in [0.15, 0.2) is 0 Å². The molecule has 0 fully saturated rings. The fourth-order valence-electron chi connectivity index (χ4n) is 0.761. The third kappa shape index (κ3) is 3.44. The van der Waals surface area contributed by atoms with Gasteiger partial charge in [-0.05, 0) is 30.2 Å². The number of furan rings is 1. The Bertz CT molecular complexity index is 347. The molecule has 1 aromatic rings. The first-order valence-corrected chi connectivity index (χ1v) is 4.07. The van der Waals surface area contributed by atoms with Crippen LogP contribution in [0.15, 0.2) is 28.9 Å². The SMILES string of the molecule is CCC#CC(=O)C=Cc1ccco1. The van der Waals surface area contributed by atoms with Crippen LogP contribution in [0.5, 0.6) is 0 Å². The Balaban J connectivity index is 2.54. The van der Waals surface area contributed by atoms with Crippen LogP contribution in [0.2, 0.25) is 0 Å². The molecule has 0 aliphatic heterocycles. The molecule has 0 spiro atoms. The van der Waals surface area contributed by atoms with E-state index in [0.29, 0.717) is 12.2 Å². The Morgan fingerprint density at radius 1 is 1.69 bits per heavy atom. The van der Waals surface area contributed by atoms with Crippen LogP contribution < -0.4 is 0 Å². The van der Waals surface area contributed by atoms with Gasteiger partial charge in [-0.25, -0.2) is 0 Å². The maximum atomic E-state index is 11.0. The standard InChI is InChI=1S/C11H10O2/c1-2-3-5-10(12)7-8-11-6-4-9-13-11/h4,6-9H,2H2,1H3. The number of allylic oxidation sites excluding steroid dienone is 1. The summed E-state index contributed by atoms with van der Waals surface area (Å²) in [5, 5.41) is 0. The fraction of sp³-hybridized carbons (Fsp3) is 0.182. The zero-order valence-corrected chi connectivity index (χ0v) is 7.41. The van der Waals surface area contributed by atoms with Crippen molar-refractivity contribution in [1.82, 2.24) is 0 Å². The lowest BCUT2D eigenvalue weighted by Gasteiger charge is -1.80. The van der Waals surface area contributed by atoms with E-state index < -0.39 is 0 Å². The molecular weight excluding hydrogens is 164 g/mol. The molecule has 0 aliphatic carbocycles. The third-order valence-corrected chi connectivity index (χ3v) is 1.33. The second kappa shape index (κ2) is 5.00. The van der Waals surface area contributed by atoms with Crippen molar-refractivity contribution in [3.8, 4) is 11.8 Å². The van der Waals surface area contributed by atoms with Crippen molar-refractivity contribution in [2.45, 2.75) is 13.3 Å². The smallest absolute Gasteiger partial charge is 0.228 e. The maximum Gasteiger partial charge on any atom is 0.228 e. The number of hydrogen-bond donors (Lipinski definition) is 0. The van der Waals surface area contributed by atoms with Crippen LogP contribution in [-0.4, -0.2) is 5.78 Å². The lowest BCUT2D eigenvalue weighted by Crippen LogP contribution is -1.84. The van der Waals surface area contributed by atoms with E-state index in [4.69, 9.17) is 4.42 Å². The molecule has 1 heterocycles. The number of ketones is 1. The van der Waals surface area contributed by atoms with Crippen LogP contribution >= 0.6 is 0 Å². The lowest BCUT2D eigenvalue weighted by molar-refractivity contribution is -0.109. The average molecular weight is 174 g/mol. The molecule has 0 aromatic carbocycles. The molecule has 2 nitrogen and oxygen atoms in total. The van der Waals surface area contributed by atoms with Crippen LogP contribution in [0.25, 0.3) is 6.08 Å². The summed E-state index contributed by atoms with van der Waals surface area (Å²) < 4.78 is 5.00. The summed E-state index contributed by atoms with van der Waals surface area (Å²) in [4.78, 5) is 11.0. The Labute approximate surface area is 77.3 Å². The highest BCUT2D eigenvalue weighted by molar-refractivity contribution is 6.06. The minimum Gasteiger partial charge on any atom is -0.465 e. The highest BCUT2D eigenvalue weighted by atomic mass is 16.3. The molecule has 66 valence electrons. The van der Waals surface area contributed by atoms with Gasteiger partial charge in [-0.15, -0.1) is 0 Å². The van der Waals surface area contributed by atoms with Gasteiger partial charge in [-0.2, -0.15) is 0 Å². The van der Waals surface area contributed by atoms with E-state index in [1.807, 2.05) is 6.92 Å². The maximum absolute atomic E-state index is 11.0. The van der Waals surface area contributed by atoms with E-state index in [0.717, 1.165) is 0 Å². The van der Waals surface area contributed by atoms with Crippen molar-refractivity contribution >= 4 is 11.9 Å². The van der Waals surface area contributed by atoms with Crippen LogP contribution in [0, 0.1) is 11.8 Å². The first-order valence-electron chi connectivity index (χ1n) is 4.07. The van der Waals surface area contributed by atoms with Gasteiger partial charge in [0.1, 0.15) is 5.76 Å². The van der Waals surface area contributed by atoms with Crippen molar-refractivity contribution in [1.29, 1.82) is 0 Å². The Morgan fingerprint density at radius 2 is 2.54 bits per heavy atom. The van der Waals surface area contributed by atoms with Gasteiger partial charge in [0.25, 0.3) is 0 Å². The first-order chi connectivity index (χ1) is 6.33. The van der Waals surface area contributed by atoms with Crippen LogP contribution in [0.1, 0.15) is 19.1 Å². The molecule has 0 unspecified atom stereocenters. The monoisotopic (exact) mass is 174 g/mol. The molecule has 0 N–H and O–H groups in total. The predicted octanol–water partition coefficient (Wildman–Crippen LogP) is 2.28. The minimum absolute atomic E-state index is 0.196. The number of hydrogen-bond acceptors (Lipinski definition) is 2. The van der Waals surface area contributed by atoms with Crippen molar-refractivity contribution in [2.75, 3.05) is 0 Å². The lowest BCUT2D eigenvalue weighted by atomic mass is 10.3. The summed E-state index contributed by atoms with van der Waals surface area (Å²) >= 11 is 0. The molecule has 2 heteroatoms. The van der Waals surface area contributed by atoms with Crippen molar-refractivity contribution in [3.63, 3.8) is 0 Å². The fourth-order valence-corrected chi connectivity index (χ4v) is 0.761. The molecule has 0 aliphatic rings. The molecule has 0 bridgehead atoms. The predicted molar refractivity (Wildman–Crippen MR) is 50.8 cm³/mol. The van der Waals surface area contributed by atoms with Crippen LogP contribution in [0.3, 0.4) is 0 Å². The Kier molecular flexibility index (Phi) is 3.59. The third-order valence-electron chi connectivity index (χ3n) is 1.33. The second-order valence-corrected chi connectivity index (χ2v) is 2.37. The second-order valence-electron chi connectivity index (χ2n) is 2.37. The summed E-state index contributed by atoms with van der Waals surface area (Å²) in [5.74, 6) is 5.64. The van der Waals surface area contributed by atoms with E-state index in [2.05, 4.69) is 11.8 Å². The molecular formula is C11H10O2. The zero-order valence-electron chi connectivity index (χ0n) is 7.41. The first kappa shape index (κ1) is 9.34. The normalized spacial score (nSPS) is 9.62. The van der Waals surface area contributed by atoms with Gasteiger partial charge in [-0.3, -0.25) is 4.79 Å². The van der Waals surface area contributed by atoms with Crippen molar-refractivity contribution in [3.05, 3.63) is 30.2 Å². The largest absolute Gasteiger partial charge is 0.465 e. The van der Waals surface area contributed by atoms with Gasteiger partial charge < -0.3 is 4.42 Å². The van der Waals surface area contributed by atoms with Gasteiger partial charge in [0.05, 0.1) is 6.26 Å². The molecule has 1 aromatic heterocycles. The Hall–Kier alpha value is -1.75. The molecule has 13 heavy (non-hydrogen) atoms. The van der Waals surface area contributed by atoms with Gasteiger partial charge in [0.2, 0.25) is 5.78 Å². The number of rotatable bonds is 2. The topological polar surface area (TPSA) is 30.2 Å². The summed E-state index contributed by atoms with van der Waals surface area (Å²) in [6.07, 6.45) is 5.26. The molecule has 1 rings (SSSR count). The van der Waals surface area contributed by atoms with Crippen LogP contribution in [-0.2, 0) is 4.79 Å². The summed E-state index contributed by atoms with van der Waals surface area (Å²) in [7, 11) is 0. The van der Waals surface area contributed by atoms with Gasteiger partial charge in [0, 0.05) is 6.42 Å². The van der Waals surface area contributed by atoms with Gasteiger partial charge >= 0.3 is 0 Å². The number of carbonyl (C=O) groups excluding carboxylic acids is 1. The highest BCUT2D eigenvalue weighted by Crippen LogP contribution is 2.01. The van der Waals surface area contributed by atoms with E-state index >= 15 is 0 Å². The van der Waals surface area contributed by atoms with Gasteiger partial charge in [-0.1, -0.05) is 12.8 Å². The molecule has 0 radical (unpaired) electrons. The molecule has 0 amide bonds. The Morgan fingerprint density at radius 3 is 3.15 bits per heavy atom. The number of carbonyl (C=O) groups is 1. The summed E-state index contributed by atoms with van der Waals surface area (Å²) in [6.45, 7) is 1.90. The minimum atomic E-state index is -0.196. The van der Waals surface area contributed by atoms with Crippen molar-refractivity contribution < 1.29 is 9.21 Å². The van der Waals surface area contributed by atoms with Crippen LogP contribution in [0.4, 0.5) is 0 Å². The molecule has 0 saturated heterocycles. The zero-order chi connectivity index (χ0) is 9.52. The summed E-state index contributed by atoms with van der Waals surface area (Å²) in [6, 6.07) is 3.54. The van der Waals surface area contributed by atoms with E-state index in [-0.39, 0.29) is 5.78 Å². The average Bonchev–Trinajstić information content (AvgIpc) is 2.64. The molecule has 0 atom stereocenters. The summed E-state index contributed by atoms with van der Waals surface area (Å²) in [5.41, 5.74) is 0. The quantitative estimate of drug-likeness (QED) is 0.391.